The Hall–Kier alpha value is -2.49. The fourth-order valence-electron chi connectivity index (χ4n) is 1.82. The number of aryl methyl sites for hydroxylation is 1. The first-order valence-corrected chi connectivity index (χ1v) is 6.00. The first-order chi connectivity index (χ1) is 9.11. The third-order valence-corrected chi connectivity index (χ3v) is 2.81. The van der Waals surface area contributed by atoms with Crippen LogP contribution in [0.1, 0.15) is 22.8 Å². The van der Waals surface area contributed by atoms with Gasteiger partial charge in [-0.15, -0.1) is 0 Å². The zero-order valence-corrected chi connectivity index (χ0v) is 10.6. The zero-order chi connectivity index (χ0) is 13.8. The Kier molecular flexibility index (Phi) is 3.71. The molecule has 3 N–H and O–H groups in total. The van der Waals surface area contributed by atoms with E-state index in [-0.39, 0.29) is 5.56 Å². The van der Waals surface area contributed by atoms with Gasteiger partial charge in [-0.3, -0.25) is 0 Å². The van der Waals surface area contributed by atoms with E-state index in [1.54, 1.807) is 12.1 Å². The number of aromatic carboxylic acids is 1. The van der Waals surface area contributed by atoms with Crippen LogP contribution in [0.15, 0.2) is 42.5 Å². The lowest BCUT2D eigenvalue weighted by atomic mass is 10.1. The summed E-state index contributed by atoms with van der Waals surface area (Å²) < 4.78 is 5.71. The molecule has 98 valence electrons. The van der Waals surface area contributed by atoms with E-state index >= 15 is 0 Å². The monoisotopic (exact) mass is 257 g/mol. The van der Waals surface area contributed by atoms with Gasteiger partial charge in [0.15, 0.2) is 0 Å². The predicted molar refractivity (Wildman–Crippen MR) is 73.7 cm³/mol. The van der Waals surface area contributed by atoms with Gasteiger partial charge >= 0.3 is 5.97 Å². The van der Waals surface area contributed by atoms with E-state index < -0.39 is 5.97 Å². The largest absolute Gasteiger partial charge is 0.478 e. The van der Waals surface area contributed by atoms with Crippen molar-refractivity contribution in [1.29, 1.82) is 0 Å². The molecule has 2 rings (SSSR count). The molecule has 0 spiro atoms. The van der Waals surface area contributed by atoms with Crippen LogP contribution in [0.4, 0.5) is 5.69 Å². The first kappa shape index (κ1) is 13.0. The molecule has 4 heteroatoms. The summed E-state index contributed by atoms with van der Waals surface area (Å²) in [4.78, 5) is 11.2. The van der Waals surface area contributed by atoms with Crippen LogP contribution in [0.25, 0.3) is 0 Å². The molecule has 0 radical (unpaired) electrons. The summed E-state index contributed by atoms with van der Waals surface area (Å²) in [6.45, 7) is 2.02. The molecule has 4 nitrogen and oxygen atoms in total. The number of rotatable bonds is 4. The molecule has 0 aliphatic rings. The second-order valence-electron chi connectivity index (χ2n) is 4.12. The fraction of sp³-hybridized carbons (Fsp3) is 0.133. The first-order valence-electron chi connectivity index (χ1n) is 6.00. The molecule has 19 heavy (non-hydrogen) atoms. The molecule has 2 aromatic carbocycles. The Morgan fingerprint density at radius 2 is 1.95 bits per heavy atom. The van der Waals surface area contributed by atoms with Gasteiger partial charge in [-0.05, 0) is 36.2 Å². The number of para-hydroxylation sites is 1. The Morgan fingerprint density at radius 1 is 1.21 bits per heavy atom. The minimum absolute atomic E-state index is 0.0610. The van der Waals surface area contributed by atoms with Crippen molar-refractivity contribution in [1.82, 2.24) is 0 Å². The van der Waals surface area contributed by atoms with Gasteiger partial charge in [0.05, 0.1) is 0 Å². The number of carboxylic acids is 1. The van der Waals surface area contributed by atoms with Gasteiger partial charge in [-0.1, -0.05) is 25.1 Å². The summed E-state index contributed by atoms with van der Waals surface area (Å²) in [6, 6.07) is 12.1. The second kappa shape index (κ2) is 5.44. The number of nitrogen functional groups attached to an aromatic ring is 1. The Balaban J connectivity index is 2.41. The smallest absolute Gasteiger partial charge is 0.339 e. The van der Waals surface area contributed by atoms with Crippen LogP contribution in [0.5, 0.6) is 11.5 Å². The van der Waals surface area contributed by atoms with Crippen LogP contribution in [-0.2, 0) is 6.42 Å². The van der Waals surface area contributed by atoms with E-state index in [9.17, 15) is 4.79 Å². The van der Waals surface area contributed by atoms with E-state index in [4.69, 9.17) is 15.6 Å². The molecule has 0 heterocycles. The highest BCUT2D eigenvalue weighted by atomic mass is 16.5. The number of hydrogen-bond donors (Lipinski definition) is 2. The number of benzene rings is 2. The number of nitrogens with two attached hydrogens (primary N) is 1. The molecule has 0 aromatic heterocycles. The summed E-state index contributed by atoms with van der Waals surface area (Å²) in [5.74, 6) is -0.101. The van der Waals surface area contributed by atoms with Gasteiger partial charge in [-0.25, -0.2) is 4.79 Å². The van der Waals surface area contributed by atoms with Crippen molar-refractivity contribution in [3.63, 3.8) is 0 Å². The summed E-state index contributed by atoms with van der Waals surface area (Å²) in [5.41, 5.74) is 7.08. The maximum atomic E-state index is 11.2. The lowest BCUT2D eigenvalue weighted by Crippen LogP contribution is -2.02. The number of carboxylic acid groups (broad SMARTS) is 1. The highest BCUT2D eigenvalue weighted by Gasteiger charge is 2.13. The lowest BCUT2D eigenvalue weighted by Gasteiger charge is -2.12. The quantitative estimate of drug-likeness (QED) is 0.824. The van der Waals surface area contributed by atoms with E-state index in [2.05, 4.69) is 0 Å². The van der Waals surface area contributed by atoms with E-state index in [0.29, 0.717) is 17.2 Å². The standard InChI is InChI=1S/C15H15NO3/c1-2-10-5-3-4-6-13(10)19-14-8-7-11(16)9-12(14)15(17)18/h3-9H,2,16H2,1H3,(H,17,18). The maximum absolute atomic E-state index is 11.2. The van der Waals surface area contributed by atoms with Crippen LogP contribution in [0.3, 0.4) is 0 Å². The van der Waals surface area contributed by atoms with Crippen molar-refractivity contribution < 1.29 is 14.6 Å². The lowest BCUT2D eigenvalue weighted by molar-refractivity contribution is 0.0694. The summed E-state index contributed by atoms with van der Waals surface area (Å²) >= 11 is 0. The third kappa shape index (κ3) is 2.85. The number of anilines is 1. The Morgan fingerprint density at radius 3 is 2.63 bits per heavy atom. The van der Waals surface area contributed by atoms with E-state index in [0.717, 1.165) is 12.0 Å². The maximum Gasteiger partial charge on any atom is 0.339 e. The van der Waals surface area contributed by atoms with Crippen molar-refractivity contribution in [3.8, 4) is 11.5 Å². The number of hydrogen-bond acceptors (Lipinski definition) is 3. The predicted octanol–water partition coefficient (Wildman–Crippen LogP) is 3.32. The molecule has 0 unspecified atom stereocenters. The summed E-state index contributed by atoms with van der Waals surface area (Å²) in [6.07, 6.45) is 0.813. The SMILES string of the molecule is CCc1ccccc1Oc1ccc(N)cc1C(=O)O. The summed E-state index contributed by atoms with van der Waals surface area (Å²) in [7, 11) is 0. The fourth-order valence-corrected chi connectivity index (χ4v) is 1.82. The van der Waals surface area contributed by atoms with Crippen molar-refractivity contribution in [2.24, 2.45) is 0 Å². The van der Waals surface area contributed by atoms with Crippen molar-refractivity contribution >= 4 is 11.7 Å². The average molecular weight is 257 g/mol. The third-order valence-electron chi connectivity index (χ3n) is 2.81. The Bertz CT molecular complexity index is 608. The van der Waals surface area contributed by atoms with Crippen LogP contribution in [0.2, 0.25) is 0 Å². The van der Waals surface area contributed by atoms with E-state index in [1.165, 1.54) is 6.07 Å². The highest BCUT2D eigenvalue weighted by molar-refractivity contribution is 5.92. The van der Waals surface area contributed by atoms with Crippen molar-refractivity contribution in [3.05, 3.63) is 53.6 Å². The second-order valence-corrected chi connectivity index (χ2v) is 4.12. The molecule has 0 saturated carbocycles. The van der Waals surface area contributed by atoms with Gasteiger partial charge < -0.3 is 15.6 Å². The minimum Gasteiger partial charge on any atom is -0.478 e. The van der Waals surface area contributed by atoms with Crippen molar-refractivity contribution in [2.75, 3.05) is 5.73 Å². The number of carbonyl (C=O) groups is 1. The highest BCUT2D eigenvalue weighted by Crippen LogP contribution is 2.29. The molecule has 0 atom stereocenters. The molecule has 0 fully saturated rings. The van der Waals surface area contributed by atoms with Crippen LogP contribution in [0, 0.1) is 0 Å². The normalized spacial score (nSPS) is 10.2. The molecule has 0 aliphatic carbocycles. The molecule has 0 aliphatic heterocycles. The molecular formula is C15H15NO3. The van der Waals surface area contributed by atoms with Gasteiger partial charge in [-0.2, -0.15) is 0 Å². The van der Waals surface area contributed by atoms with Crippen molar-refractivity contribution in [2.45, 2.75) is 13.3 Å². The molecule has 0 bridgehead atoms. The van der Waals surface area contributed by atoms with E-state index in [1.807, 2.05) is 31.2 Å². The van der Waals surface area contributed by atoms with Gasteiger partial charge in [0, 0.05) is 5.69 Å². The van der Waals surface area contributed by atoms with Crippen LogP contribution < -0.4 is 10.5 Å². The molecule has 2 aromatic rings. The Labute approximate surface area is 111 Å². The van der Waals surface area contributed by atoms with Crippen LogP contribution >= 0.6 is 0 Å². The zero-order valence-electron chi connectivity index (χ0n) is 10.6. The minimum atomic E-state index is -1.06. The molecule has 0 amide bonds. The number of ether oxygens (including phenoxy) is 1. The molecule has 0 saturated heterocycles. The summed E-state index contributed by atoms with van der Waals surface area (Å²) in [5, 5.41) is 9.16. The van der Waals surface area contributed by atoms with Gasteiger partial charge in [0.2, 0.25) is 0 Å². The van der Waals surface area contributed by atoms with Gasteiger partial charge in [0.25, 0.3) is 0 Å². The molecular weight excluding hydrogens is 242 g/mol. The van der Waals surface area contributed by atoms with Crippen LogP contribution in [-0.4, -0.2) is 11.1 Å². The average Bonchev–Trinajstić information content (AvgIpc) is 2.41. The topological polar surface area (TPSA) is 72.5 Å². The van der Waals surface area contributed by atoms with Gasteiger partial charge in [0.1, 0.15) is 17.1 Å².